The third-order valence-electron chi connectivity index (χ3n) is 7.30. The predicted octanol–water partition coefficient (Wildman–Crippen LogP) is 7.04. The van der Waals surface area contributed by atoms with Crippen LogP contribution < -0.4 is 9.80 Å². The average Bonchev–Trinajstić information content (AvgIpc) is 2.94. The summed E-state index contributed by atoms with van der Waals surface area (Å²) in [6.07, 6.45) is 7.53. The highest BCUT2D eigenvalue weighted by molar-refractivity contribution is 5.77. The zero-order valence-corrected chi connectivity index (χ0v) is 22.1. The van der Waals surface area contributed by atoms with Crippen LogP contribution in [0.2, 0.25) is 0 Å². The Morgan fingerprint density at radius 2 is 1.46 bits per heavy atom. The number of fused-ring (bicyclic) bond motifs is 1. The van der Waals surface area contributed by atoms with Gasteiger partial charge >= 0.3 is 0 Å². The van der Waals surface area contributed by atoms with Crippen LogP contribution in [0.4, 0.5) is 15.8 Å². The summed E-state index contributed by atoms with van der Waals surface area (Å²) in [5.41, 5.74) is 4.66. The summed E-state index contributed by atoms with van der Waals surface area (Å²) in [4.78, 5) is 20.0. The van der Waals surface area contributed by atoms with Crippen LogP contribution in [0, 0.1) is 5.82 Å². The largest absolute Gasteiger partial charge is 0.374 e. The molecule has 37 heavy (non-hydrogen) atoms. The summed E-state index contributed by atoms with van der Waals surface area (Å²) in [6.45, 7) is 3.89. The monoisotopic (exact) mass is 501 g/mol. The quantitative estimate of drug-likeness (QED) is 0.362. The van der Waals surface area contributed by atoms with E-state index in [2.05, 4.69) is 64.4 Å². The van der Waals surface area contributed by atoms with Crippen molar-refractivity contribution in [3.63, 3.8) is 0 Å². The van der Waals surface area contributed by atoms with Crippen molar-refractivity contribution in [1.82, 2.24) is 4.90 Å². The van der Waals surface area contributed by atoms with Gasteiger partial charge in [0, 0.05) is 57.6 Å². The molecule has 0 aliphatic carbocycles. The molecule has 0 saturated carbocycles. The SMILES string of the molecule is CN(CCC(=O)N1CCCCCCCCN(Cc2ccccc2)c2ccccc2C1)c1ccc(F)cc1. The number of carbonyl (C=O) groups is 1. The van der Waals surface area contributed by atoms with Gasteiger partial charge in [0.1, 0.15) is 5.82 Å². The number of carbonyl (C=O) groups excluding carboxylic acids is 1. The van der Waals surface area contributed by atoms with E-state index in [-0.39, 0.29) is 11.7 Å². The van der Waals surface area contributed by atoms with Gasteiger partial charge in [-0.25, -0.2) is 4.39 Å². The standard InChI is InChI=1S/C32H40FN3O/c1-34(30-19-17-29(33)18-20-30)24-21-32(37)36-23-12-5-3-2-4-11-22-35(25-27-13-7-6-8-14-27)31-16-10-9-15-28(31)26-36/h6-10,13-20H,2-5,11-12,21-26H2,1H3. The van der Waals surface area contributed by atoms with Crippen LogP contribution in [0.15, 0.2) is 78.9 Å². The van der Waals surface area contributed by atoms with Gasteiger partial charge < -0.3 is 14.7 Å². The number of para-hydroxylation sites is 1. The van der Waals surface area contributed by atoms with Crippen molar-refractivity contribution < 1.29 is 9.18 Å². The van der Waals surface area contributed by atoms with Gasteiger partial charge in [-0.2, -0.15) is 0 Å². The van der Waals surface area contributed by atoms with Gasteiger partial charge in [0.05, 0.1) is 0 Å². The molecule has 0 fully saturated rings. The van der Waals surface area contributed by atoms with Crippen LogP contribution in [0.25, 0.3) is 0 Å². The molecule has 4 rings (SSSR count). The predicted molar refractivity (Wildman–Crippen MR) is 151 cm³/mol. The molecule has 0 spiro atoms. The van der Waals surface area contributed by atoms with E-state index < -0.39 is 0 Å². The lowest BCUT2D eigenvalue weighted by Crippen LogP contribution is -2.35. The second kappa shape index (κ2) is 13.8. The van der Waals surface area contributed by atoms with Crippen molar-refractivity contribution in [2.24, 2.45) is 0 Å². The minimum atomic E-state index is -0.247. The van der Waals surface area contributed by atoms with Gasteiger partial charge in [-0.05, 0) is 54.3 Å². The highest BCUT2D eigenvalue weighted by Gasteiger charge is 2.19. The van der Waals surface area contributed by atoms with Crippen LogP contribution in [0.5, 0.6) is 0 Å². The van der Waals surface area contributed by atoms with Gasteiger partial charge in [0.2, 0.25) is 5.91 Å². The van der Waals surface area contributed by atoms with E-state index in [1.165, 1.54) is 54.6 Å². The number of hydrogen-bond donors (Lipinski definition) is 0. The van der Waals surface area contributed by atoms with E-state index in [9.17, 15) is 9.18 Å². The number of anilines is 2. The minimum Gasteiger partial charge on any atom is -0.374 e. The molecule has 196 valence electrons. The van der Waals surface area contributed by atoms with E-state index >= 15 is 0 Å². The molecule has 0 N–H and O–H groups in total. The molecule has 0 aromatic heterocycles. The number of halogens is 1. The zero-order valence-electron chi connectivity index (χ0n) is 22.1. The maximum atomic E-state index is 13.5. The highest BCUT2D eigenvalue weighted by atomic mass is 19.1. The average molecular weight is 502 g/mol. The van der Waals surface area contributed by atoms with Gasteiger partial charge in [-0.15, -0.1) is 0 Å². The molecule has 1 amide bonds. The first-order valence-electron chi connectivity index (χ1n) is 13.7. The first kappa shape index (κ1) is 26.7. The molecular weight excluding hydrogens is 461 g/mol. The van der Waals surface area contributed by atoms with Crippen molar-refractivity contribution in [1.29, 1.82) is 0 Å². The van der Waals surface area contributed by atoms with Crippen LogP contribution in [0.1, 0.15) is 56.1 Å². The lowest BCUT2D eigenvalue weighted by atomic mass is 10.1. The molecule has 3 aromatic carbocycles. The fourth-order valence-electron chi connectivity index (χ4n) is 5.10. The van der Waals surface area contributed by atoms with Crippen molar-refractivity contribution in [2.45, 2.75) is 58.0 Å². The fourth-order valence-corrected chi connectivity index (χ4v) is 5.10. The van der Waals surface area contributed by atoms with E-state index in [0.717, 1.165) is 38.2 Å². The van der Waals surface area contributed by atoms with E-state index in [0.29, 0.717) is 19.5 Å². The maximum absolute atomic E-state index is 13.5. The molecule has 0 atom stereocenters. The fraction of sp³-hybridized carbons (Fsp3) is 0.406. The molecule has 0 saturated heterocycles. The topological polar surface area (TPSA) is 26.8 Å². The van der Waals surface area contributed by atoms with Crippen molar-refractivity contribution in [3.05, 3.63) is 95.8 Å². The molecular formula is C32H40FN3O. The second-order valence-corrected chi connectivity index (χ2v) is 10.1. The first-order valence-corrected chi connectivity index (χ1v) is 13.7. The van der Waals surface area contributed by atoms with Crippen molar-refractivity contribution in [3.8, 4) is 0 Å². The third-order valence-corrected chi connectivity index (χ3v) is 7.30. The molecule has 4 nitrogen and oxygen atoms in total. The normalized spacial score (nSPS) is 15.2. The number of nitrogens with zero attached hydrogens (tertiary/aromatic N) is 3. The van der Waals surface area contributed by atoms with Gasteiger partial charge in [0.15, 0.2) is 0 Å². The molecule has 1 aliphatic heterocycles. The molecule has 5 heteroatoms. The van der Waals surface area contributed by atoms with Crippen LogP contribution >= 0.6 is 0 Å². The maximum Gasteiger partial charge on any atom is 0.224 e. The number of hydrogen-bond acceptors (Lipinski definition) is 3. The molecule has 0 bridgehead atoms. The third kappa shape index (κ3) is 8.08. The molecule has 3 aromatic rings. The Bertz CT molecular complexity index is 1100. The Balaban J connectivity index is 1.50. The first-order chi connectivity index (χ1) is 18.1. The van der Waals surface area contributed by atoms with Crippen LogP contribution in [-0.2, 0) is 17.9 Å². The second-order valence-electron chi connectivity index (χ2n) is 10.1. The number of benzene rings is 3. The Morgan fingerprint density at radius 1 is 0.811 bits per heavy atom. The Kier molecular flexibility index (Phi) is 9.98. The smallest absolute Gasteiger partial charge is 0.224 e. The van der Waals surface area contributed by atoms with Gasteiger partial charge in [-0.3, -0.25) is 4.79 Å². The van der Waals surface area contributed by atoms with Crippen molar-refractivity contribution in [2.75, 3.05) is 36.5 Å². The van der Waals surface area contributed by atoms with E-state index in [1.807, 2.05) is 11.9 Å². The molecule has 1 aliphatic rings. The van der Waals surface area contributed by atoms with Crippen molar-refractivity contribution >= 4 is 17.3 Å². The van der Waals surface area contributed by atoms with E-state index in [1.54, 1.807) is 12.1 Å². The van der Waals surface area contributed by atoms with Gasteiger partial charge in [-0.1, -0.05) is 74.2 Å². The Hall–Kier alpha value is -3.34. The summed E-state index contributed by atoms with van der Waals surface area (Å²) in [5.74, 6) is -0.0726. The summed E-state index contributed by atoms with van der Waals surface area (Å²) in [5, 5.41) is 0. The van der Waals surface area contributed by atoms with Gasteiger partial charge in [0.25, 0.3) is 0 Å². The highest BCUT2D eigenvalue weighted by Crippen LogP contribution is 2.26. The Morgan fingerprint density at radius 3 is 2.22 bits per heavy atom. The molecule has 0 unspecified atom stereocenters. The van der Waals surface area contributed by atoms with Crippen LogP contribution in [0.3, 0.4) is 0 Å². The van der Waals surface area contributed by atoms with Crippen LogP contribution in [-0.4, -0.2) is 37.5 Å². The van der Waals surface area contributed by atoms with E-state index in [4.69, 9.17) is 0 Å². The Labute approximate surface area is 221 Å². The number of amides is 1. The lowest BCUT2D eigenvalue weighted by Gasteiger charge is -2.30. The molecule has 0 radical (unpaired) electrons. The summed E-state index contributed by atoms with van der Waals surface area (Å²) < 4.78 is 13.3. The lowest BCUT2D eigenvalue weighted by molar-refractivity contribution is -0.131. The molecule has 1 heterocycles. The number of rotatable bonds is 6. The zero-order chi connectivity index (χ0) is 25.9. The minimum absolute atomic E-state index is 0.174. The summed E-state index contributed by atoms with van der Waals surface area (Å²) in [6, 6.07) is 25.7. The summed E-state index contributed by atoms with van der Waals surface area (Å²) >= 11 is 0. The summed E-state index contributed by atoms with van der Waals surface area (Å²) in [7, 11) is 1.96.